The average molecular weight is 371 g/mol. The Morgan fingerprint density at radius 2 is 1.89 bits per heavy atom. The van der Waals surface area contributed by atoms with Gasteiger partial charge in [0.1, 0.15) is 11.8 Å². The lowest BCUT2D eigenvalue weighted by Gasteiger charge is -2.34. The van der Waals surface area contributed by atoms with Gasteiger partial charge in [0.25, 0.3) is 5.91 Å². The molecule has 7 nitrogen and oxygen atoms in total. The van der Waals surface area contributed by atoms with E-state index in [1.807, 2.05) is 35.2 Å². The van der Waals surface area contributed by atoms with Crippen molar-refractivity contribution in [3.05, 3.63) is 30.3 Å². The minimum Gasteiger partial charge on any atom is -0.350 e. The van der Waals surface area contributed by atoms with Gasteiger partial charge in [0.2, 0.25) is 0 Å². The van der Waals surface area contributed by atoms with Crippen LogP contribution >= 0.6 is 0 Å². The molecule has 3 aliphatic heterocycles. The van der Waals surface area contributed by atoms with Gasteiger partial charge in [-0.1, -0.05) is 18.2 Å². The fraction of sp³-hybridized carbons (Fsp3) is 0.550. The summed E-state index contributed by atoms with van der Waals surface area (Å²) in [4.78, 5) is 27.0. The molecule has 2 saturated heterocycles. The Bertz CT molecular complexity index is 730. The maximum Gasteiger partial charge on any atom is 0.270 e. The second-order valence-corrected chi connectivity index (χ2v) is 7.32. The standard InChI is InChI=1S/C20H25N3O4/c1-14(24)18-12-17(21-23(18)16-7-3-2-4-8-16)19(25)22-9-5-6-15(13-22)20-26-10-11-27-20/h2-4,7-8,15,18,20H,5-6,9-13H2,1H3. The number of nitrogens with zero attached hydrogens (tertiary/aromatic N) is 3. The van der Waals surface area contributed by atoms with Crippen LogP contribution in [0.1, 0.15) is 26.2 Å². The zero-order valence-electron chi connectivity index (χ0n) is 15.5. The molecule has 0 bridgehead atoms. The molecule has 3 heterocycles. The molecule has 7 heteroatoms. The number of rotatable bonds is 4. The molecule has 0 saturated carbocycles. The zero-order valence-corrected chi connectivity index (χ0v) is 15.5. The van der Waals surface area contributed by atoms with Gasteiger partial charge in [0.05, 0.1) is 18.9 Å². The Hall–Kier alpha value is -2.25. The quantitative estimate of drug-likeness (QED) is 0.807. The first-order valence-electron chi connectivity index (χ1n) is 9.58. The lowest BCUT2D eigenvalue weighted by Crippen LogP contribution is -2.46. The number of Topliss-reactive ketones (excluding diaryl/α,β-unsaturated/α-hetero) is 1. The molecule has 2 fully saturated rings. The van der Waals surface area contributed by atoms with Crippen LogP contribution in [-0.2, 0) is 19.1 Å². The van der Waals surface area contributed by atoms with Crippen LogP contribution in [0.4, 0.5) is 5.69 Å². The van der Waals surface area contributed by atoms with Crippen molar-refractivity contribution >= 4 is 23.1 Å². The summed E-state index contributed by atoms with van der Waals surface area (Å²) in [6, 6.07) is 9.10. The maximum atomic E-state index is 13.1. The van der Waals surface area contributed by atoms with E-state index >= 15 is 0 Å². The molecule has 1 amide bonds. The summed E-state index contributed by atoms with van der Waals surface area (Å²) in [5.41, 5.74) is 1.28. The van der Waals surface area contributed by atoms with Crippen LogP contribution in [0.25, 0.3) is 0 Å². The van der Waals surface area contributed by atoms with Crippen LogP contribution in [0.5, 0.6) is 0 Å². The highest BCUT2D eigenvalue weighted by atomic mass is 16.7. The van der Waals surface area contributed by atoms with Gasteiger partial charge in [0, 0.05) is 25.4 Å². The minimum atomic E-state index is -0.423. The van der Waals surface area contributed by atoms with E-state index in [1.54, 1.807) is 11.9 Å². The van der Waals surface area contributed by atoms with Gasteiger partial charge >= 0.3 is 0 Å². The molecule has 0 N–H and O–H groups in total. The van der Waals surface area contributed by atoms with E-state index in [0.29, 0.717) is 38.4 Å². The van der Waals surface area contributed by atoms with E-state index < -0.39 is 6.04 Å². The number of benzene rings is 1. The third-order valence-electron chi connectivity index (χ3n) is 5.42. The second kappa shape index (κ2) is 7.78. The van der Waals surface area contributed by atoms with Crippen molar-refractivity contribution in [3.8, 4) is 0 Å². The van der Waals surface area contributed by atoms with Crippen LogP contribution in [0, 0.1) is 5.92 Å². The average Bonchev–Trinajstić information content (AvgIpc) is 3.38. The molecule has 144 valence electrons. The lowest BCUT2D eigenvalue weighted by atomic mass is 9.96. The highest BCUT2D eigenvalue weighted by molar-refractivity contribution is 6.40. The van der Waals surface area contributed by atoms with E-state index in [0.717, 1.165) is 18.5 Å². The first-order chi connectivity index (χ1) is 13.1. The summed E-state index contributed by atoms with van der Waals surface area (Å²) in [5.74, 6) is 0.123. The van der Waals surface area contributed by atoms with Crippen molar-refractivity contribution in [2.45, 2.75) is 38.5 Å². The highest BCUT2D eigenvalue weighted by Crippen LogP contribution is 2.28. The normalized spacial score (nSPS) is 26.3. The number of para-hydroxylation sites is 1. The number of carbonyl (C=O) groups is 2. The number of amides is 1. The molecule has 1 aromatic carbocycles. The van der Waals surface area contributed by atoms with E-state index in [1.165, 1.54) is 0 Å². The Morgan fingerprint density at radius 3 is 2.59 bits per heavy atom. The van der Waals surface area contributed by atoms with E-state index in [2.05, 4.69) is 5.10 Å². The lowest BCUT2D eigenvalue weighted by molar-refractivity contribution is -0.132. The van der Waals surface area contributed by atoms with Gasteiger partial charge in [-0.15, -0.1) is 0 Å². The van der Waals surface area contributed by atoms with Gasteiger partial charge in [-0.2, -0.15) is 5.10 Å². The maximum absolute atomic E-state index is 13.1. The number of carbonyl (C=O) groups excluding carboxylic acids is 2. The summed E-state index contributed by atoms with van der Waals surface area (Å²) in [6.07, 6.45) is 2.05. The fourth-order valence-corrected chi connectivity index (χ4v) is 4.02. The van der Waals surface area contributed by atoms with E-state index in [9.17, 15) is 9.59 Å². The first kappa shape index (κ1) is 18.1. The summed E-state index contributed by atoms with van der Waals surface area (Å²) in [7, 11) is 0. The van der Waals surface area contributed by atoms with Crippen molar-refractivity contribution < 1.29 is 19.1 Å². The van der Waals surface area contributed by atoms with Crippen LogP contribution in [-0.4, -0.2) is 60.9 Å². The Balaban J connectivity index is 1.50. The Labute approximate surface area is 158 Å². The van der Waals surface area contributed by atoms with Crippen molar-refractivity contribution in [2.24, 2.45) is 11.0 Å². The monoisotopic (exact) mass is 371 g/mol. The predicted molar refractivity (Wildman–Crippen MR) is 100 cm³/mol. The molecular formula is C20H25N3O4. The van der Waals surface area contributed by atoms with Crippen LogP contribution in [0.15, 0.2) is 35.4 Å². The second-order valence-electron chi connectivity index (χ2n) is 7.32. The van der Waals surface area contributed by atoms with Gasteiger partial charge in [0.15, 0.2) is 12.1 Å². The summed E-state index contributed by atoms with van der Waals surface area (Å²) >= 11 is 0. The summed E-state index contributed by atoms with van der Waals surface area (Å²) in [6.45, 7) is 4.10. The SMILES string of the molecule is CC(=O)C1CC(C(=O)N2CCCC(C3OCCO3)C2)=NN1c1ccccc1. The van der Waals surface area contributed by atoms with Gasteiger partial charge in [-0.05, 0) is 31.9 Å². The molecule has 2 atom stereocenters. The van der Waals surface area contributed by atoms with Crippen molar-refractivity contribution in [1.82, 2.24) is 4.90 Å². The number of ether oxygens (including phenoxy) is 2. The molecule has 0 spiro atoms. The molecule has 27 heavy (non-hydrogen) atoms. The largest absolute Gasteiger partial charge is 0.350 e. The number of anilines is 1. The zero-order chi connectivity index (χ0) is 18.8. The van der Waals surface area contributed by atoms with Gasteiger partial charge in [-0.3, -0.25) is 14.6 Å². The van der Waals surface area contributed by atoms with E-state index in [-0.39, 0.29) is 23.9 Å². The van der Waals surface area contributed by atoms with Crippen molar-refractivity contribution in [2.75, 3.05) is 31.3 Å². The Morgan fingerprint density at radius 1 is 1.15 bits per heavy atom. The van der Waals surface area contributed by atoms with Crippen LogP contribution < -0.4 is 5.01 Å². The smallest absolute Gasteiger partial charge is 0.270 e. The van der Waals surface area contributed by atoms with Crippen molar-refractivity contribution in [3.63, 3.8) is 0 Å². The number of ketones is 1. The molecule has 1 aromatic rings. The molecule has 0 radical (unpaired) electrons. The predicted octanol–water partition coefficient (Wildman–Crippen LogP) is 1.82. The summed E-state index contributed by atoms with van der Waals surface area (Å²) in [5, 5.41) is 6.21. The number of hydrazone groups is 1. The topological polar surface area (TPSA) is 71.4 Å². The molecular weight excluding hydrogens is 346 g/mol. The van der Waals surface area contributed by atoms with Crippen molar-refractivity contribution in [1.29, 1.82) is 0 Å². The van der Waals surface area contributed by atoms with Crippen LogP contribution in [0.3, 0.4) is 0 Å². The number of piperidine rings is 1. The number of hydrogen-bond acceptors (Lipinski definition) is 6. The number of likely N-dealkylation sites (tertiary alicyclic amines) is 1. The van der Waals surface area contributed by atoms with Gasteiger partial charge in [-0.25, -0.2) is 0 Å². The molecule has 0 aliphatic carbocycles. The molecule has 3 aliphatic rings. The molecule has 4 rings (SSSR count). The number of hydrogen-bond donors (Lipinski definition) is 0. The highest BCUT2D eigenvalue weighted by Gasteiger charge is 2.38. The fourth-order valence-electron chi connectivity index (χ4n) is 4.02. The Kier molecular flexibility index (Phi) is 5.22. The molecule has 2 unspecified atom stereocenters. The molecule has 0 aromatic heterocycles. The van der Waals surface area contributed by atoms with Crippen LogP contribution in [0.2, 0.25) is 0 Å². The summed E-state index contributed by atoms with van der Waals surface area (Å²) < 4.78 is 11.3. The third kappa shape index (κ3) is 3.75. The third-order valence-corrected chi connectivity index (χ3v) is 5.42. The minimum absolute atomic E-state index is 0.00896. The van der Waals surface area contributed by atoms with E-state index in [4.69, 9.17) is 9.47 Å². The first-order valence-corrected chi connectivity index (χ1v) is 9.58. The van der Waals surface area contributed by atoms with Gasteiger partial charge < -0.3 is 14.4 Å².